The molecule has 1 aliphatic carbocycles. The van der Waals surface area contributed by atoms with Crippen LogP contribution in [0.4, 0.5) is 0 Å². The summed E-state index contributed by atoms with van der Waals surface area (Å²) < 4.78 is 0. The van der Waals surface area contributed by atoms with Crippen molar-refractivity contribution in [2.75, 3.05) is 0 Å². The van der Waals surface area contributed by atoms with Crippen molar-refractivity contribution >= 4 is 23.3 Å². The molecule has 1 aliphatic rings. The topological polar surface area (TPSA) is 0 Å². The number of aryl methyl sites for hydroxylation is 1. The molecule has 1 fully saturated rings. The van der Waals surface area contributed by atoms with Crippen LogP contribution in [0.5, 0.6) is 0 Å². The maximum Gasteiger partial charge on any atom is -0.00573 e. The van der Waals surface area contributed by atoms with Crippen molar-refractivity contribution in [2.45, 2.75) is 38.5 Å². The lowest BCUT2D eigenvalue weighted by molar-refractivity contribution is 0.736. The Balaban J connectivity index is 2.21. The van der Waals surface area contributed by atoms with E-state index >= 15 is 0 Å². The maximum absolute atomic E-state index is 2.35. The summed E-state index contributed by atoms with van der Waals surface area (Å²) in [7, 11) is 4.44. The molecule has 0 nitrogen and oxygen atoms in total. The van der Waals surface area contributed by atoms with E-state index in [-0.39, 0.29) is 0 Å². The minimum atomic E-state index is 0.999. The Kier molecular flexibility index (Phi) is 2.68. The van der Waals surface area contributed by atoms with Crippen molar-refractivity contribution in [1.82, 2.24) is 0 Å². The molecule has 60 valence electrons. The van der Waals surface area contributed by atoms with Gasteiger partial charge in [-0.3, -0.25) is 0 Å². The first-order valence-corrected chi connectivity index (χ1v) is 8.59. The molecule has 0 N–H and O–H groups in total. The summed E-state index contributed by atoms with van der Waals surface area (Å²) in [5.74, 6) is 0.999. The van der Waals surface area contributed by atoms with E-state index in [0.717, 1.165) is 13.8 Å². The minimum Gasteiger partial charge on any atom is -0.102 e. The fourth-order valence-electron chi connectivity index (χ4n) is 1.87. The van der Waals surface area contributed by atoms with Crippen molar-refractivity contribution in [3.05, 3.63) is 10.6 Å². The zero-order valence-electron chi connectivity index (χ0n) is 6.80. The maximum atomic E-state index is 2.35. The molecule has 11 heavy (non-hydrogen) atoms. The molecule has 2 rings (SSSR count). The van der Waals surface area contributed by atoms with Gasteiger partial charge in [0, 0.05) is 0 Å². The molecular weight excluding hydrogens is 189 g/mol. The SMILES string of the molecule is Cc1[pH]ppc1C1CCCC1. The zero-order valence-corrected chi connectivity index (χ0v) is 9.59. The first-order valence-electron chi connectivity index (χ1n) is 4.25. The van der Waals surface area contributed by atoms with Gasteiger partial charge in [-0.1, -0.05) is 12.8 Å². The Hall–Kier alpha value is 0.640. The second-order valence-electron chi connectivity index (χ2n) is 3.30. The molecule has 0 aliphatic heterocycles. The molecule has 0 bridgehead atoms. The Morgan fingerprint density at radius 2 is 2.09 bits per heavy atom. The Bertz CT molecular complexity index is 235. The van der Waals surface area contributed by atoms with Gasteiger partial charge in [-0.15, -0.1) is 7.87 Å². The Morgan fingerprint density at radius 3 is 2.64 bits per heavy atom. The summed E-state index contributed by atoms with van der Waals surface area (Å²) in [4.78, 5) is 0. The lowest BCUT2D eigenvalue weighted by Gasteiger charge is -2.06. The normalized spacial score (nSPS) is 21.5. The molecular formula is C8H13P3. The molecule has 0 spiro atoms. The van der Waals surface area contributed by atoms with Crippen LogP contribution in [0.1, 0.15) is 42.2 Å². The number of rotatable bonds is 1. The van der Waals surface area contributed by atoms with Crippen LogP contribution in [0, 0.1) is 6.92 Å². The van der Waals surface area contributed by atoms with Crippen LogP contribution in [0.2, 0.25) is 0 Å². The highest BCUT2D eigenvalue weighted by molar-refractivity contribution is 8.17. The van der Waals surface area contributed by atoms with Crippen LogP contribution in [0.25, 0.3) is 0 Å². The monoisotopic (exact) mass is 202 g/mol. The quantitative estimate of drug-likeness (QED) is 0.610. The van der Waals surface area contributed by atoms with Gasteiger partial charge in [0.2, 0.25) is 0 Å². The summed E-state index contributed by atoms with van der Waals surface area (Å²) in [5.41, 5.74) is 0. The van der Waals surface area contributed by atoms with Gasteiger partial charge in [-0.05, 0) is 51.7 Å². The predicted molar refractivity (Wildman–Crippen MR) is 56.9 cm³/mol. The molecule has 0 aromatic carbocycles. The molecule has 0 radical (unpaired) electrons. The van der Waals surface area contributed by atoms with Gasteiger partial charge >= 0.3 is 0 Å². The van der Waals surface area contributed by atoms with E-state index in [4.69, 9.17) is 0 Å². The first kappa shape index (κ1) is 8.25. The first-order chi connectivity index (χ1) is 5.38. The van der Waals surface area contributed by atoms with Crippen LogP contribution in [-0.4, -0.2) is 0 Å². The molecule has 1 aromatic rings. The lowest BCUT2D eigenvalue weighted by atomic mass is 10.1. The average molecular weight is 202 g/mol. The second kappa shape index (κ2) is 3.57. The van der Waals surface area contributed by atoms with Gasteiger partial charge in [-0.2, -0.15) is 0 Å². The third-order valence-electron chi connectivity index (χ3n) is 2.50. The highest BCUT2D eigenvalue weighted by Crippen LogP contribution is 2.49. The Morgan fingerprint density at radius 1 is 1.36 bits per heavy atom. The number of hydrogen-bond acceptors (Lipinski definition) is 0. The minimum absolute atomic E-state index is 0.999. The van der Waals surface area contributed by atoms with Gasteiger partial charge in [0.25, 0.3) is 0 Å². The molecule has 3 heteroatoms. The summed E-state index contributed by atoms with van der Waals surface area (Å²) in [5, 5.41) is 3.56. The van der Waals surface area contributed by atoms with Crippen molar-refractivity contribution in [1.29, 1.82) is 0 Å². The van der Waals surface area contributed by atoms with Crippen LogP contribution in [0.3, 0.4) is 0 Å². The van der Waals surface area contributed by atoms with Crippen molar-refractivity contribution in [3.8, 4) is 0 Å². The van der Waals surface area contributed by atoms with Crippen LogP contribution < -0.4 is 0 Å². The predicted octanol–water partition coefficient (Wildman–Crippen LogP) is 4.84. The Labute approximate surface area is 72.9 Å². The van der Waals surface area contributed by atoms with E-state index in [2.05, 4.69) is 6.92 Å². The van der Waals surface area contributed by atoms with Gasteiger partial charge in [0.05, 0.1) is 0 Å². The van der Waals surface area contributed by atoms with Crippen molar-refractivity contribution in [2.24, 2.45) is 0 Å². The number of hydrogen-bond donors (Lipinski definition) is 0. The summed E-state index contributed by atoms with van der Waals surface area (Å²) in [6.45, 7) is 2.35. The summed E-state index contributed by atoms with van der Waals surface area (Å²) in [6.07, 6.45) is 5.94. The summed E-state index contributed by atoms with van der Waals surface area (Å²) in [6, 6.07) is 0. The smallest absolute Gasteiger partial charge is 0.00573 e. The lowest BCUT2D eigenvalue weighted by Crippen LogP contribution is -1.87. The molecule has 1 aromatic heterocycles. The third kappa shape index (κ3) is 1.70. The molecule has 1 atom stereocenters. The second-order valence-corrected chi connectivity index (χ2v) is 8.83. The van der Waals surface area contributed by atoms with Gasteiger partial charge in [-0.25, -0.2) is 0 Å². The molecule has 0 saturated heterocycles. The molecule has 1 unspecified atom stereocenters. The molecule has 0 amide bonds. The van der Waals surface area contributed by atoms with Gasteiger partial charge in [0.1, 0.15) is 0 Å². The standard InChI is InChI=1S/C8H13P3/c1-6-8(10-11-9-6)7-4-2-3-5-7/h7,9H,2-5H2,1H3. The average Bonchev–Trinajstić information content (AvgIpc) is 2.55. The largest absolute Gasteiger partial charge is 0.102 e. The molecule has 1 saturated carbocycles. The van der Waals surface area contributed by atoms with Gasteiger partial charge in [0.15, 0.2) is 0 Å². The van der Waals surface area contributed by atoms with Gasteiger partial charge < -0.3 is 0 Å². The highest BCUT2D eigenvalue weighted by Gasteiger charge is 2.19. The fourth-order valence-corrected chi connectivity index (χ4v) is 8.95. The van der Waals surface area contributed by atoms with Crippen molar-refractivity contribution in [3.63, 3.8) is 0 Å². The van der Waals surface area contributed by atoms with Crippen LogP contribution in [-0.2, 0) is 0 Å². The van der Waals surface area contributed by atoms with E-state index in [9.17, 15) is 0 Å². The zero-order chi connectivity index (χ0) is 7.68. The van der Waals surface area contributed by atoms with E-state index in [1.165, 1.54) is 25.7 Å². The van der Waals surface area contributed by atoms with Crippen LogP contribution in [0.15, 0.2) is 0 Å². The van der Waals surface area contributed by atoms with E-state index < -0.39 is 0 Å². The molecule has 1 heterocycles. The van der Waals surface area contributed by atoms with Crippen molar-refractivity contribution < 1.29 is 0 Å². The van der Waals surface area contributed by atoms with E-state index in [1.54, 1.807) is 20.7 Å². The highest BCUT2D eigenvalue weighted by atomic mass is 32.1. The third-order valence-corrected chi connectivity index (χ3v) is 8.49. The van der Waals surface area contributed by atoms with E-state index in [0.29, 0.717) is 0 Å². The van der Waals surface area contributed by atoms with E-state index in [1.807, 2.05) is 5.30 Å². The fraction of sp³-hybridized carbons (Fsp3) is 0.750. The summed E-state index contributed by atoms with van der Waals surface area (Å²) >= 11 is 0. The van der Waals surface area contributed by atoms with Crippen LogP contribution >= 0.6 is 23.3 Å².